The highest BCUT2D eigenvalue weighted by Crippen LogP contribution is 2.53. The van der Waals surface area contributed by atoms with Crippen LogP contribution < -0.4 is 20.1 Å². The summed E-state index contributed by atoms with van der Waals surface area (Å²) in [7, 11) is 0. The molecule has 13 heteroatoms. The molecule has 0 unspecified atom stereocenters. The summed E-state index contributed by atoms with van der Waals surface area (Å²) in [5, 5.41) is 0. The van der Waals surface area contributed by atoms with Crippen molar-refractivity contribution in [3.05, 3.63) is 64.1 Å². The molecule has 188 valence electrons. The Balaban J connectivity index is 1.18. The molecule has 1 aromatic carbocycles. The molecule has 2 bridgehead atoms. The van der Waals surface area contributed by atoms with Gasteiger partial charge in [-0.05, 0) is 43.4 Å². The summed E-state index contributed by atoms with van der Waals surface area (Å²) in [5.41, 5.74) is -0.366. The Morgan fingerprint density at radius 1 is 1.06 bits per heavy atom. The Bertz CT molecular complexity index is 1380. The second-order valence-corrected chi connectivity index (χ2v) is 9.17. The normalized spacial score (nSPS) is 22.0. The minimum Gasteiger partial charge on any atom is -0.473 e. The van der Waals surface area contributed by atoms with E-state index >= 15 is 0 Å². The quantitative estimate of drug-likeness (QED) is 0.479. The number of hydrogen-bond donors (Lipinski definition) is 0. The molecule has 0 radical (unpaired) electrons. The number of fused-ring (bicyclic) bond motifs is 1. The third-order valence-electron chi connectivity index (χ3n) is 6.97. The van der Waals surface area contributed by atoms with Crippen LogP contribution in [0.4, 0.5) is 27.8 Å². The van der Waals surface area contributed by atoms with Crippen LogP contribution in [-0.4, -0.2) is 31.1 Å². The molecule has 36 heavy (non-hydrogen) atoms. The molecule has 3 aliphatic rings. The zero-order valence-corrected chi connectivity index (χ0v) is 18.6. The zero-order valence-electron chi connectivity index (χ0n) is 18.6. The summed E-state index contributed by atoms with van der Waals surface area (Å²) in [6.07, 6.45) is 0.796. The molecule has 3 aliphatic heterocycles. The van der Waals surface area contributed by atoms with Gasteiger partial charge < -0.3 is 14.4 Å². The van der Waals surface area contributed by atoms with Gasteiger partial charge in [0.05, 0.1) is 24.5 Å². The van der Waals surface area contributed by atoms with E-state index in [2.05, 4.69) is 19.9 Å². The van der Waals surface area contributed by atoms with Crippen LogP contribution in [-0.2, 0) is 19.3 Å². The van der Waals surface area contributed by atoms with Crippen molar-refractivity contribution in [1.82, 2.24) is 19.5 Å². The van der Waals surface area contributed by atoms with E-state index in [4.69, 9.17) is 9.47 Å². The first-order chi connectivity index (χ1) is 17.1. The monoisotopic (exact) mass is 507 g/mol. The second-order valence-electron chi connectivity index (χ2n) is 9.17. The predicted octanol–water partition coefficient (Wildman–Crippen LogP) is 4.22. The molecule has 0 saturated carbocycles. The number of ether oxygens (including phenoxy) is 2. The van der Waals surface area contributed by atoms with Crippen LogP contribution >= 0.6 is 0 Å². The highest BCUT2D eigenvalue weighted by atomic mass is 19.4. The number of halogens is 5. The Labute approximate surface area is 200 Å². The van der Waals surface area contributed by atoms with Crippen LogP contribution in [0.5, 0.6) is 17.4 Å². The van der Waals surface area contributed by atoms with Gasteiger partial charge in [0.25, 0.3) is 0 Å². The smallest absolute Gasteiger partial charge is 0.451 e. The van der Waals surface area contributed by atoms with E-state index in [0.29, 0.717) is 25.0 Å². The summed E-state index contributed by atoms with van der Waals surface area (Å²) in [6, 6.07) is 3.99. The summed E-state index contributed by atoms with van der Waals surface area (Å²) >= 11 is 0. The van der Waals surface area contributed by atoms with Crippen molar-refractivity contribution in [3.63, 3.8) is 0 Å². The van der Waals surface area contributed by atoms with Crippen LogP contribution in [0.1, 0.15) is 37.1 Å². The van der Waals surface area contributed by atoms with Crippen molar-refractivity contribution in [2.75, 3.05) is 4.90 Å². The minimum atomic E-state index is -4.76. The molecular weight excluding hydrogens is 489 g/mol. The fourth-order valence-corrected chi connectivity index (χ4v) is 5.46. The summed E-state index contributed by atoms with van der Waals surface area (Å²) < 4.78 is 79.1. The third kappa shape index (κ3) is 3.64. The number of alkyl halides is 3. The Morgan fingerprint density at radius 3 is 2.36 bits per heavy atom. The van der Waals surface area contributed by atoms with Gasteiger partial charge in [-0.2, -0.15) is 18.2 Å². The first-order valence-corrected chi connectivity index (χ1v) is 11.2. The summed E-state index contributed by atoms with van der Waals surface area (Å²) in [4.78, 5) is 25.0. The average molecular weight is 507 g/mol. The van der Waals surface area contributed by atoms with Crippen molar-refractivity contribution in [3.8, 4) is 17.4 Å². The highest BCUT2D eigenvalue weighted by molar-refractivity contribution is 5.54. The molecule has 0 atom stereocenters. The standard InChI is InChI=1S/C23H18F5N5O3/c24-15-5-12(6-16(25)19(15)36-14-8-29-20(30-9-14)23(26,27)28)10-35-17-7-18-32(21(34)31-17)11-22-3-1-13(2-4-22)33(18)22/h5-9,13H,1-4,10-11H2. The van der Waals surface area contributed by atoms with Crippen molar-refractivity contribution in [1.29, 1.82) is 0 Å². The lowest BCUT2D eigenvalue weighted by atomic mass is 9.88. The molecule has 0 aliphatic carbocycles. The second kappa shape index (κ2) is 7.87. The Hall–Kier alpha value is -3.77. The number of hydrogen-bond acceptors (Lipinski definition) is 7. The molecule has 0 N–H and O–H groups in total. The summed E-state index contributed by atoms with van der Waals surface area (Å²) in [5.74, 6) is -4.01. The Morgan fingerprint density at radius 2 is 1.72 bits per heavy atom. The van der Waals surface area contributed by atoms with Crippen LogP contribution in [0, 0.1) is 11.6 Å². The van der Waals surface area contributed by atoms with Gasteiger partial charge in [-0.15, -0.1) is 0 Å². The molecular formula is C23H18F5N5O3. The molecule has 2 aromatic heterocycles. The van der Waals surface area contributed by atoms with E-state index in [9.17, 15) is 26.7 Å². The van der Waals surface area contributed by atoms with Crippen molar-refractivity contribution >= 4 is 5.82 Å². The van der Waals surface area contributed by atoms with Crippen molar-refractivity contribution < 1.29 is 31.4 Å². The van der Waals surface area contributed by atoms with Gasteiger partial charge in [0.1, 0.15) is 12.4 Å². The van der Waals surface area contributed by atoms with Gasteiger partial charge in [-0.1, -0.05) is 0 Å². The number of nitrogens with zero attached hydrogens (tertiary/aromatic N) is 5. The molecule has 0 spiro atoms. The van der Waals surface area contributed by atoms with E-state index in [-0.39, 0.29) is 29.3 Å². The molecule has 6 rings (SSSR count). The van der Waals surface area contributed by atoms with Gasteiger partial charge >= 0.3 is 11.9 Å². The van der Waals surface area contributed by atoms with Crippen LogP contribution in [0.25, 0.3) is 0 Å². The molecule has 5 heterocycles. The maximum atomic E-state index is 14.6. The van der Waals surface area contributed by atoms with Gasteiger partial charge in [0.15, 0.2) is 23.1 Å². The molecule has 3 aromatic rings. The number of rotatable bonds is 5. The van der Waals surface area contributed by atoms with Gasteiger partial charge in [0, 0.05) is 12.1 Å². The lowest BCUT2D eigenvalue weighted by Crippen LogP contribution is -2.38. The first-order valence-electron chi connectivity index (χ1n) is 11.2. The maximum absolute atomic E-state index is 14.6. The van der Waals surface area contributed by atoms with Gasteiger partial charge in [-0.25, -0.2) is 23.5 Å². The Kier molecular flexibility index (Phi) is 4.96. The SMILES string of the molecule is O=c1nc(OCc2cc(F)c(Oc3cnc(C(F)(F)F)nc3)c(F)c2)cc2n1CC13CCC(CC1)N23. The largest absolute Gasteiger partial charge is 0.473 e. The van der Waals surface area contributed by atoms with Gasteiger partial charge in [0.2, 0.25) is 11.7 Å². The van der Waals surface area contributed by atoms with Crippen molar-refractivity contribution in [2.45, 2.75) is 56.6 Å². The maximum Gasteiger partial charge on any atom is 0.451 e. The number of aromatic nitrogens is 4. The van der Waals surface area contributed by atoms with Crippen LogP contribution in [0.2, 0.25) is 0 Å². The average Bonchev–Trinajstić information content (AvgIpc) is 3.46. The van der Waals surface area contributed by atoms with E-state index in [0.717, 1.165) is 43.6 Å². The van der Waals surface area contributed by atoms with Crippen LogP contribution in [0.15, 0.2) is 35.4 Å². The number of benzene rings is 1. The first kappa shape index (κ1) is 22.7. The molecule has 0 amide bonds. The highest BCUT2D eigenvalue weighted by Gasteiger charge is 2.56. The zero-order chi connectivity index (χ0) is 25.2. The molecule has 2 saturated heterocycles. The van der Waals surface area contributed by atoms with E-state index in [1.54, 1.807) is 10.6 Å². The third-order valence-corrected chi connectivity index (χ3v) is 6.97. The molecule has 2 fully saturated rings. The lowest BCUT2D eigenvalue weighted by molar-refractivity contribution is -0.145. The molecule has 8 nitrogen and oxygen atoms in total. The van der Waals surface area contributed by atoms with Gasteiger partial charge in [-0.3, -0.25) is 4.57 Å². The van der Waals surface area contributed by atoms with Crippen molar-refractivity contribution in [2.24, 2.45) is 0 Å². The number of anilines is 1. The lowest BCUT2D eigenvalue weighted by Gasteiger charge is -2.27. The van der Waals surface area contributed by atoms with E-state index in [1.807, 2.05) is 0 Å². The fourth-order valence-electron chi connectivity index (χ4n) is 5.46. The topological polar surface area (TPSA) is 82.4 Å². The van der Waals surface area contributed by atoms with E-state index < -0.39 is 35.1 Å². The minimum absolute atomic E-state index is 0.0304. The van der Waals surface area contributed by atoms with Crippen LogP contribution in [0.3, 0.4) is 0 Å². The van der Waals surface area contributed by atoms with E-state index in [1.165, 1.54) is 0 Å². The fraction of sp³-hybridized carbons (Fsp3) is 0.391. The summed E-state index contributed by atoms with van der Waals surface area (Å²) in [6.45, 7) is 0.328. The predicted molar refractivity (Wildman–Crippen MR) is 114 cm³/mol.